The number of rotatable bonds is 7. The summed E-state index contributed by atoms with van der Waals surface area (Å²) in [5.74, 6) is 0.608. The van der Waals surface area contributed by atoms with Crippen molar-refractivity contribution in [1.29, 1.82) is 0 Å². The SMILES string of the molecule is CCC(NCCC(C)c1ccccc1)c1ccccc1. The van der Waals surface area contributed by atoms with Crippen LogP contribution in [0.15, 0.2) is 60.7 Å². The summed E-state index contributed by atoms with van der Waals surface area (Å²) in [5.41, 5.74) is 2.82. The molecule has 0 aromatic heterocycles. The fourth-order valence-electron chi connectivity index (χ4n) is 2.61. The molecule has 0 radical (unpaired) electrons. The second-order valence-corrected chi connectivity index (χ2v) is 5.43. The van der Waals surface area contributed by atoms with Crippen molar-refractivity contribution in [2.75, 3.05) is 6.54 Å². The maximum absolute atomic E-state index is 3.69. The van der Waals surface area contributed by atoms with Gasteiger partial charge in [0, 0.05) is 6.04 Å². The van der Waals surface area contributed by atoms with E-state index in [1.54, 1.807) is 0 Å². The first-order valence-electron chi connectivity index (χ1n) is 7.64. The summed E-state index contributed by atoms with van der Waals surface area (Å²) in [6, 6.07) is 22.0. The van der Waals surface area contributed by atoms with Crippen molar-refractivity contribution in [2.24, 2.45) is 0 Å². The summed E-state index contributed by atoms with van der Waals surface area (Å²) in [4.78, 5) is 0. The Bertz CT molecular complexity index is 478. The maximum atomic E-state index is 3.69. The second kappa shape index (κ2) is 7.86. The van der Waals surface area contributed by atoms with Gasteiger partial charge in [-0.15, -0.1) is 0 Å². The lowest BCUT2D eigenvalue weighted by molar-refractivity contribution is 0.493. The predicted molar refractivity (Wildman–Crippen MR) is 87.0 cm³/mol. The van der Waals surface area contributed by atoms with E-state index in [-0.39, 0.29) is 0 Å². The molecule has 0 aliphatic heterocycles. The van der Waals surface area contributed by atoms with Gasteiger partial charge in [-0.2, -0.15) is 0 Å². The first-order valence-corrected chi connectivity index (χ1v) is 7.64. The van der Waals surface area contributed by atoms with Crippen LogP contribution in [0.25, 0.3) is 0 Å². The molecule has 1 heteroatoms. The molecule has 20 heavy (non-hydrogen) atoms. The van der Waals surface area contributed by atoms with Crippen molar-refractivity contribution < 1.29 is 0 Å². The Hall–Kier alpha value is -1.60. The fourth-order valence-corrected chi connectivity index (χ4v) is 2.61. The molecule has 0 spiro atoms. The molecule has 0 heterocycles. The van der Waals surface area contributed by atoms with Crippen LogP contribution in [0.5, 0.6) is 0 Å². The van der Waals surface area contributed by atoms with Gasteiger partial charge in [0.2, 0.25) is 0 Å². The Morgan fingerprint density at radius 1 is 0.850 bits per heavy atom. The summed E-state index contributed by atoms with van der Waals surface area (Å²) >= 11 is 0. The molecule has 0 amide bonds. The minimum Gasteiger partial charge on any atom is -0.310 e. The van der Waals surface area contributed by atoms with Gasteiger partial charge in [0.25, 0.3) is 0 Å². The van der Waals surface area contributed by atoms with Crippen molar-refractivity contribution in [3.8, 4) is 0 Å². The van der Waals surface area contributed by atoms with E-state index in [1.807, 2.05) is 0 Å². The molecule has 0 aliphatic rings. The molecular weight excluding hydrogens is 242 g/mol. The van der Waals surface area contributed by atoms with Crippen LogP contribution in [-0.4, -0.2) is 6.54 Å². The molecule has 2 rings (SSSR count). The zero-order chi connectivity index (χ0) is 14.2. The Morgan fingerprint density at radius 2 is 1.40 bits per heavy atom. The summed E-state index contributed by atoms with van der Waals surface area (Å²) in [6.45, 7) is 5.61. The Labute approximate surface area is 123 Å². The normalized spacial score (nSPS) is 13.9. The average molecular weight is 267 g/mol. The fraction of sp³-hybridized carbons (Fsp3) is 0.368. The third-order valence-electron chi connectivity index (χ3n) is 3.95. The number of hydrogen-bond acceptors (Lipinski definition) is 1. The molecule has 106 valence electrons. The van der Waals surface area contributed by atoms with Crippen LogP contribution < -0.4 is 5.32 Å². The standard InChI is InChI=1S/C19H25N/c1-3-19(18-12-8-5-9-13-18)20-15-14-16(2)17-10-6-4-7-11-17/h4-13,16,19-20H,3,14-15H2,1-2H3. The van der Waals surface area contributed by atoms with Crippen LogP contribution in [0.3, 0.4) is 0 Å². The molecule has 0 saturated heterocycles. The highest BCUT2D eigenvalue weighted by Crippen LogP contribution is 2.20. The van der Waals surface area contributed by atoms with Crippen molar-refractivity contribution in [2.45, 2.75) is 38.6 Å². The lowest BCUT2D eigenvalue weighted by Crippen LogP contribution is -2.22. The summed E-state index contributed by atoms with van der Waals surface area (Å²) in [5, 5.41) is 3.69. The molecule has 2 aromatic carbocycles. The largest absolute Gasteiger partial charge is 0.310 e. The zero-order valence-electron chi connectivity index (χ0n) is 12.5. The highest BCUT2D eigenvalue weighted by molar-refractivity contribution is 5.20. The van der Waals surface area contributed by atoms with Gasteiger partial charge in [0.05, 0.1) is 0 Å². The first-order chi connectivity index (χ1) is 9.81. The van der Waals surface area contributed by atoms with Crippen molar-refractivity contribution >= 4 is 0 Å². The zero-order valence-corrected chi connectivity index (χ0v) is 12.5. The predicted octanol–water partition coefficient (Wildman–Crippen LogP) is 4.92. The van der Waals surface area contributed by atoms with Crippen molar-refractivity contribution in [1.82, 2.24) is 5.32 Å². The summed E-state index contributed by atoms with van der Waals surface area (Å²) < 4.78 is 0. The third-order valence-corrected chi connectivity index (χ3v) is 3.95. The smallest absolute Gasteiger partial charge is 0.0317 e. The molecule has 0 aliphatic carbocycles. The number of nitrogens with one attached hydrogen (secondary N) is 1. The van der Waals surface area contributed by atoms with Crippen LogP contribution in [0.1, 0.15) is 49.8 Å². The highest BCUT2D eigenvalue weighted by Gasteiger charge is 2.09. The molecule has 2 atom stereocenters. The summed E-state index contributed by atoms with van der Waals surface area (Å²) in [6.07, 6.45) is 2.30. The van der Waals surface area contributed by atoms with E-state index in [9.17, 15) is 0 Å². The Kier molecular flexibility index (Phi) is 5.82. The number of hydrogen-bond donors (Lipinski definition) is 1. The van der Waals surface area contributed by atoms with E-state index in [2.05, 4.69) is 79.8 Å². The Balaban J connectivity index is 1.83. The van der Waals surface area contributed by atoms with Crippen molar-refractivity contribution in [3.63, 3.8) is 0 Å². The van der Waals surface area contributed by atoms with E-state index in [0.717, 1.165) is 13.0 Å². The third kappa shape index (κ3) is 4.21. The van der Waals surface area contributed by atoms with E-state index < -0.39 is 0 Å². The van der Waals surface area contributed by atoms with E-state index in [4.69, 9.17) is 0 Å². The molecule has 0 fully saturated rings. The van der Waals surface area contributed by atoms with Gasteiger partial charge < -0.3 is 5.32 Å². The van der Waals surface area contributed by atoms with Crippen molar-refractivity contribution in [3.05, 3.63) is 71.8 Å². The lowest BCUT2D eigenvalue weighted by atomic mass is 9.97. The molecular formula is C19H25N. The summed E-state index contributed by atoms with van der Waals surface area (Å²) in [7, 11) is 0. The molecule has 2 aromatic rings. The van der Waals surface area contributed by atoms with Crippen LogP contribution in [0, 0.1) is 0 Å². The molecule has 0 bridgehead atoms. The van der Waals surface area contributed by atoms with E-state index in [1.165, 1.54) is 17.5 Å². The molecule has 1 N–H and O–H groups in total. The maximum Gasteiger partial charge on any atom is 0.0317 e. The highest BCUT2D eigenvalue weighted by atomic mass is 14.9. The van der Waals surface area contributed by atoms with Crippen LogP contribution >= 0.6 is 0 Å². The van der Waals surface area contributed by atoms with Crippen LogP contribution in [0.4, 0.5) is 0 Å². The van der Waals surface area contributed by atoms with Gasteiger partial charge in [-0.25, -0.2) is 0 Å². The topological polar surface area (TPSA) is 12.0 Å². The van der Waals surface area contributed by atoms with Gasteiger partial charge in [-0.1, -0.05) is 74.5 Å². The van der Waals surface area contributed by atoms with E-state index in [0.29, 0.717) is 12.0 Å². The first kappa shape index (κ1) is 14.8. The monoisotopic (exact) mass is 267 g/mol. The number of benzene rings is 2. The van der Waals surface area contributed by atoms with Gasteiger partial charge in [0.1, 0.15) is 0 Å². The molecule has 2 unspecified atom stereocenters. The second-order valence-electron chi connectivity index (χ2n) is 5.43. The lowest BCUT2D eigenvalue weighted by Gasteiger charge is -2.19. The van der Waals surface area contributed by atoms with Gasteiger partial charge in [-0.05, 0) is 36.4 Å². The van der Waals surface area contributed by atoms with Gasteiger partial charge >= 0.3 is 0 Å². The van der Waals surface area contributed by atoms with E-state index >= 15 is 0 Å². The average Bonchev–Trinajstić information content (AvgIpc) is 2.53. The van der Waals surface area contributed by atoms with Crippen LogP contribution in [0.2, 0.25) is 0 Å². The minimum atomic E-state index is 0.471. The van der Waals surface area contributed by atoms with Gasteiger partial charge in [0.15, 0.2) is 0 Å². The molecule has 0 saturated carbocycles. The Morgan fingerprint density at radius 3 is 1.95 bits per heavy atom. The minimum absolute atomic E-state index is 0.471. The van der Waals surface area contributed by atoms with Gasteiger partial charge in [-0.3, -0.25) is 0 Å². The quantitative estimate of drug-likeness (QED) is 0.750. The van der Waals surface area contributed by atoms with Crippen LogP contribution in [-0.2, 0) is 0 Å². The molecule has 1 nitrogen and oxygen atoms in total.